The number of carboxylic acids is 1. The summed E-state index contributed by atoms with van der Waals surface area (Å²) in [6.45, 7) is 13.3. The number of carboxylic acid groups (broad SMARTS) is 1. The van der Waals surface area contributed by atoms with Gasteiger partial charge in [0.2, 0.25) is 0 Å². The van der Waals surface area contributed by atoms with Crippen molar-refractivity contribution in [2.75, 3.05) is 6.61 Å². The first-order chi connectivity index (χ1) is 16.2. The van der Waals surface area contributed by atoms with E-state index in [1.165, 1.54) is 11.1 Å². The van der Waals surface area contributed by atoms with Gasteiger partial charge < -0.3 is 20.4 Å². The Balaban J connectivity index is 1.66. The maximum Gasteiger partial charge on any atom is 0.314 e. The monoisotopic (exact) mass is 486 g/mol. The van der Waals surface area contributed by atoms with Crippen LogP contribution in [0.2, 0.25) is 0 Å². The van der Waals surface area contributed by atoms with Crippen LogP contribution in [0.4, 0.5) is 0 Å². The fraction of sp³-hybridized carbons (Fsp3) is 0.833. The first-order valence-electron chi connectivity index (χ1n) is 13.9. The van der Waals surface area contributed by atoms with Crippen LogP contribution in [0.1, 0.15) is 92.9 Å². The summed E-state index contributed by atoms with van der Waals surface area (Å²) in [5.41, 5.74) is 1.82. The number of hydrogen-bond donors (Lipinski definition) is 4. The smallest absolute Gasteiger partial charge is 0.314 e. The van der Waals surface area contributed by atoms with Gasteiger partial charge in [0.15, 0.2) is 0 Å². The lowest BCUT2D eigenvalue weighted by molar-refractivity contribution is -0.240. The molecule has 0 amide bonds. The quantitative estimate of drug-likeness (QED) is 0.435. The summed E-state index contributed by atoms with van der Waals surface area (Å²) in [6.07, 6.45) is 7.14. The molecular weight excluding hydrogens is 440 g/mol. The molecule has 0 aromatic rings. The van der Waals surface area contributed by atoms with E-state index in [1.807, 2.05) is 6.92 Å². The lowest BCUT2D eigenvalue weighted by Gasteiger charge is -2.70. The molecule has 196 valence electrons. The maximum absolute atomic E-state index is 12.8. The van der Waals surface area contributed by atoms with Gasteiger partial charge in [-0.3, -0.25) is 4.79 Å². The molecule has 0 aliphatic heterocycles. The Bertz CT molecular complexity index is 999. The summed E-state index contributed by atoms with van der Waals surface area (Å²) < 4.78 is 0. The van der Waals surface area contributed by atoms with E-state index in [2.05, 4.69) is 40.7 Å². The average Bonchev–Trinajstić information content (AvgIpc) is 2.80. The Hall–Kier alpha value is -1.17. The van der Waals surface area contributed by atoms with Crippen molar-refractivity contribution < 1.29 is 25.2 Å². The normalized spacial score (nSPS) is 53.6. The molecule has 0 saturated heterocycles. The van der Waals surface area contributed by atoms with Crippen molar-refractivity contribution in [3.63, 3.8) is 0 Å². The van der Waals surface area contributed by atoms with Crippen LogP contribution < -0.4 is 0 Å². The first-order valence-corrected chi connectivity index (χ1v) is 13.9. The van der Waals surface area contributed by atoms with Crippen LogP contribution in [0.25, 0.3) is 0 Å². The summed E-state index contributed by atoms with van der Waals surface area (Å²) in [4.78, 5) is 12.8. The van der Waals surface area contributed by atoms with Crippen molar-refractivity contribution in [2.45, 2.75) is 105 Å². The van der Waals surface area contributed by atoms with Gasteiger partial charge in [-0.15, -0.1) is 0 Å². The standard InChI is InChI=1S/C30H46O5/c1-17-9-12-30(25(34)35)14-13-28(5)19(23(30)18(17)2)7-8-22-26(3)15-20(32)24(33)27(4,16-31)21(26)10-11-29(22,28)6/h7,17,20-22,24,31-33H,8-16H2,1-6H3,(H,34,35)/t17-,20+,21-,22-,24-,26+,27?,28-,29-,30+/m1/s1. The largest absolute Gasteiger partial charge is 0.481 e. The van der Waals surface area contributed by atoms with E-state index in [0.29, 0.717) is 24.7 Å². The van der Waals surface area contributed by atoms with E-state index < -0.39 is 29.0 Å². The van der Waals surface area contributed by atoms with E-state index in [0.717, 1.165) is 44.1 Å². The van der Waals surface area contributed by atoms with Crippen LogP contribution in [0.3, 0.4) is 0 Å². The van der Waals surface area contributed by atoms with Gasteiger partial charge in [-0.25, -0.2) is 0 Å². The predicted molar refractivity (Wildman–Crippen MR) is 135 cm³/mol. The second-order valence-electron chi connectivity index (χ2n) is 14.0. The molecule has 0 spiro atoms. The van der Waals surface area contributed by atoms with Gasteiger partial charge in [-0.2, -0.15) is 0 Å². The third kappa shape index (κ3) is 2.89. The van der Waals surface area contributed by atoms with Crippen molar-refractivity contribution in [1.29, 1.82) is 0 Å². The van der Waals surface area contributed by atoms with Gasteiger partial charge >= 0.3 is 5.97 Å². The minimum Gasteiger partial charge on any atom is -0.481 e. The lowest BCUT2D eigenvalue weighted by Crippen LogP contribution is -2.67. The van der Waals surface area contributed by atoms with Gasteiger partial charge in [-0.05, 0) is 103 Å². The summed E-state index contributed by atoms with van der Waals surface area (Å²) in [7, 11) is 0. The Kier molecular flexibility index (Phi) is 5.59. The molecule has 3 fully saturated rings. The van der Waals surface area contributed by atoms with Crippen LogP contribution in [0.15, 0.2) is 22.8 Å². The lowest BCUT2D eigenvalue weighted by atomic mass is 9.34. The highest BCUT2D eigenvalue weighted by Crippen LogP contribution is 2.75. The number of rotatable bonds is 2. The average molecular weight is 487 g/mol. The van der Waals surface area contributed by atoms with Gasteiger partial charge in [0.05, 0.1) is 24.2 Å². The number of aliphatic hydroxyl groups excluding tert-OH is 3. The molecule has 35 heavy (non-hydrogen) atoms. The van der Waals surface area contributed by atoms with E-state index in [9.17, 15) is 25.2 Å². The highest BCUT2D eigenvalue weighted by Gasteiger charge is 2.69. The molecule has 4 N–H and O–H groups in total. The van der Waals surface area contributed by atoms with Gasteiger partial charge in [0.1, 0.15) is 0 Å². The zero-order valence-electron chi connectivity index (χ0n) is 22.5. The van der Waals surface area contributed by atoms with Crippen LogP contribution >= 0.6 is 0 Å². The van der Waals surface area contributed by atoms with Crippen LogP contribution in [-0.4, -0.2) is 45.2 Å². The Morgan fingerprint density at radius 1 is 1.03 bits per heavy atom. The second-order valence-corrected chi connectivity index (χ2v) is 14.0. The molecule has 5 rings (SSSR count). The van der Waals surface area contributed by atoms with Gasteiger partial charge in [0, 0.05) is 5.41 Å². The van der Waals surface area contributed by atoms with Crippen molar-refractivity contribution in [2.24, 2.45) is 44.8 Å². The van der Waals surface area contributed by atoms with Crippen molar-refractivity contribution in [3.8, 4) is 0 Å². The zero-order chi connectivity index (χ0) is 25.8. The predicted octanol–water partition coefficient (Wildman–Crippen LogP) is 5.10. The molecule has 5 aliphatic rings. The summed E-state index contributed by atoms with van der Waals surface area (Å²) in [5, 5.41) is 42.8. The molecule has 5 heteroatoms. The van der Waals surface area contributed by atoms with Crippen LogP contribution in [0, 0.1) is 44.8 Å². The molecule has 0 radical (unpaired) electrons. The molecule has 0 bridgehead atoms. The summed E-state index contributed by atoms with van der Waals surface area (Å²) in [5.74, 6) is 0.176. The molecule has 1 unspecified atom stereocenters. The number of hydrogen-bond acceptors (Lipinski definition) is 4. The van der Waals surface area contributed by atoms with E-state index in [4.69, 9.17) is 0 Å². The first kappa shape index (κ1) is 25.5. The summed E-state index contributed by atoms with van der Waals surface area (Å²) >= 11 is 0. The second kappa shape index (κ2) is 7.68. The topological polar surface area (TPSA) is 98.0 Å². The number of carbonyl (C=O) groups is 1. The zero-order valence-corrected chi connectivity index (χ0v) is 22.5. The Morgan fingerprint density at radius 3 is 2.34 bits per heavy atom. The maximum atomic E-state index is 12.8. The SMILES string of the molecule is CC1=C2C3=CC[C@@H]4[C@@]5(C)C[C@H](O)[C@@H](O)C(C)(CO)[C@@H]5CC[C@@]4(C)[C@]3(C)CC[C@@]2(C(=O)O)CC[C@H]1C. The molecule has 0 aromatic heterocycles. The minimum absolute atomic E-state index is 0.0423. The van der Waals surface area contributed by atoms with Crippen molar-refractivity contribution >= 4 is 5.97 Å². The molecule has 3 saturated carbocycles. The molecule has 5 nitrogen and oxygen atoms in total. The Labute approximate surface area is 210 Å². The number of allylic oxidation sites excluding steroid dienone is 3. The van der Waals surface area contributed by atoms with Crippen LogP contribution in [-0.2, 0) is 4.79 Å². The van der Waals surface area contributed by atoms with E-state index in [-0.39, 0.29) is 28.8 Å². The molecule has 0 aromatic carbocycles. The van der Waals surface area contributed by atoms with Crippen molar-refractivity contribution in [3.05, 3.63) is 22.8 Å². The van der Waals surface area contributed by atoms with Gasteiger partial charge in [0.25, 0.3) is 0 Å². The number of fused-ring (bicyclic) bond motifs is 7. The summed E-state index contributed by atoms with van der Waals surface area (Å²) in [6, 6.07) is 0. The molecule has 10 atom stereocenters. The van der Waals surface area contributed by atoms with Crippen LogP contribution in [0.5, 0.6) is 0 Å². The fourth-order valence-electron chi connectivity index (χ4n) is 10.4. The van der Waals surface area contributed by atoms with E-state index in [1.54, 1.807) is 0 Å². The van der Waals surface area contributed by atoms with Crippen molar-refractivity contribution in [1.82, 2.24) is 0 Å². The van der Waals surface area contributed by atoms with E-state index >= 15 is 0 Å². The fourth-order valence-corrected chi connectivity index (χ4v) is 10.4. The number of aliphatic carboxylic acids is 1. The molecule has 0 heterocycles. The molecular formula is C30H46O5. The van der Waals surface area contributed by atoms with Gasteiger partial charge in [-0.1, -0.05) is 46.3 Å². The number of aliphatic hydroxyl groups is 3. The third-order valence-electron chi connectivity index (χ3n) is 12.9. The third-order valence-corrected chi connectivity index (χ3v) is 12.9. The highest BCUT2D eigenvalue weighted by molar-refractivity contribution is 5.82. The molecule has 5 aliphatic carbocycles. The highest BCUT2D eigenvalue weighted by atomic mass is 16.4. The minimum atomic E-state index is -0.914. The Morgan fingerprint density at radius 2 is 1.71 bits per heavy atom.